The Balaban J connectivity index is 1.70. The number of carboxylic acids is 1. The van der Waals surface area contributed by atoms with Crippen LogP contribution in [0.15, 0.2) is 22.7 Å². The molecule has 1 aromatic heterocycles. The molecule has 0 saturated carbocycles. The Kier molecular flexibility index (Phi) is 4.94. The lowest BCUT2D eigenvalue weighted by molar-refractivity contribution is -0.0741. The first kappa shape index (κ1) is 18.7. The summed E-state index contributed by atoms with van der Waals surface area (Å²) in [6.45, 7) is 3.28. The topological polar surface area (TPSA) is 97.1 Å². The molecule has 2 N–H and O–H groups in total. The van der Waals surface area contributed by atoms with Crippen LogP contribution in [0.3, 0.4) is 0 Å². The molecule has 0 atom stereocenters. The summed E-state index contributed by atoms with van der Waals surface area (Å²) in [5.41, 5.74) is 0.0381. The second-order valence-corrected chi connectivity index (χ2v) is 7.07. The van der Waals surface area contributed by atoms with Gasteiger partial charge < -0.3 is 29.3 Å². The molecule has 9 heteroatoms. The third-order valence-electron chi connectivity index (χ3n) is 5.36. The van der Waals surface area contributed by atoms with Crippen molar-refractivity contribution in [3.63, 3.8) is 0 Å². The molecule has 8 nitrogen and oxygen atoms in total. The Bertz CT molecular complexity index is 873. The van der Waals surface area contributed by atoms with E-state index in [4.69, 9.17) is 14.0 Å². The van der Waals surface area contributed by atoms with Gasteiger partial charge in [0, 0.05) is 18.7 Å². The van der Waals surface area contributed by atoms with Crippen LogP contribution in [0.25, 0.3) is 11.3 Å². The first-order chi connectivity index (χ1) is 13.5. The van der Waals surface area contributed by atoms with Crippen LogP contribution < -0.4 is 15.0 Å². The predicted molar refractivity (Wildman–Crippen MR) is 98.4 cm³/mol. The fraction of sp³-hybridized carbons (Fsp3) is 0.474. The van der Waals surface area contributed by atoms with Gasteiger partial charge >= 0.3 is 5.97 Å². The van der Waals surface area contributed by atoms with Crippen molar-refractivity contribution in [2.24, 2.45) is 0 Å². The van der Waals surface area contributed by atoms with Gasteiger partial charge in [0.1, 0.15) is 0 Å². The van der Waals surface area contributed by atoms with E-state index in [0.717, 1.165) is 25.9 Å². The average molecular weight is 391 g/mol. The van der Waals surface area contributed by atoms with Crippen molar-refractivity contribution in [1.82, 2.24) is 10.5 Å². The number of methoxy groups -OCH3 is 1. The summed E-state index contributed by atoms with van der Waals surface area (Å²) in [7, 11) is 1.35. The summed E-state index contributed by atoms with van der Waals surface area (Å²) in [6.07, 6.45) is 1.71. The van der Waals surface area contributed by atoms with Gasteiger partial charge in [-0.3, -0.25) is 0 Å². The number of carbonyl (C=O) groups is 1. The lowest BCUT2D eigenvalue weighted by atomic mass is 9.90. The molecule has 150 valence electrons. The number of nitrogens with one attached hydrogen (secondary N) is 1. The highest BCUT2D eigenvalue weighted by Crippen LogP contribution is 2.36. The number of halogens is 1. The maximum Gasteiger partial charge on any atom is 0.343 e. The molecule has 1 spiro atoms. The molecule has 0 amide bonds. The van der Waals surface area contributed by atoms with E-state index in [1.54, 1.807) is 0 Å². The SMILES string of the molecule is COc1cc(-c2onc(N3CCOC4(CCNCC4)C3)c2C(=O)O)ccc1F. The number of nitrogens with zero attached hydrogens (tertiary/aromatic N) is 2. The highest BCUT2D eigenvalue weighted by Gasteiger charge is 2.40. The lowest BCUT2D eigenvalue weighted by Gasteiger charge is -2.45. The van der Waals surface area contributed by atoms with E-state index < -0.39 is 11.8 Å². The van der Waals surface area contributed by atoms with Crippen molar-refractivity contribution in [1.29, 1.82) is 0 Å². The van der Waals surface area contributed by atoms with E-state index in [2.05, 4.69) is 10.5 Å². The van der Waals surface area contributed by atoms with Gasteiger partial charge in [0.15, 0.2) is 28.7 Å². The summed E-state index contributed by atoms with van der Waals surface area (Å²) in [6, 6.07) is 4.06. The van der Waals surface area contributed by atoms with Crippen LogP contribution in [0.4, 0.5) is 10.2 Å². The van der Waals surface area contributed by atoms with Crippen molar-refractivity contribution >= 4 is 11.8 Å². The summed E-state index contributed by atoms with van der Waals surface area (Å²) in [5, 5.41) is 17.2. The molecule has 2 fully saturated rings. The van der Waals surface area contributed by atoms with E-state index in [9.17, 15) is 14.3 Å². The molecule has 28 heavy (non-hydrogen) atoms. The van der Waals surface area contributed by atoms with Crippen LogP contribution in [0.1, 0.15) is 23.2 Å². The van der Waals surface area contributed by atoms with Crippen molar-refractivity contribution in [3.05, 3.63) is 29.6 Å². The highest BCUT2D eigenvalue weighted by atomic mass is 19.1. The number of hydrogen-bond acceptors (Lipinski definition) is 7. The van der Waals surface area contributed by atoms with Gasteiger partial charge in [-0.05, 0) is 44.1 Å². The number of rotatable bonds is 4. The number of hydrogen-bond donors (Lipinski definition) is 2. The van der Waals surface area contributed by atoms with Crippen LogP contribution in [0.2, 0.25) is 0 Å². The monoisotopic (exact) mass is 391 g/mol. The Morgan fingerprint density at radius 2 is 2.18 bits per heavy atom. The summed E-state index contributed by atoms with van der Waals surface area (Å²) < 4.78 is 30.2. The van der Waals surface area contributed by atoms with Crippen LogP contribution in [-0.2, 0) is 4.74 Å². The van der Waals surface area contributed by atoms with Crippen LogP contribution in [-0.4, -0.2) is 61.7 Å². The number of ether oxygens (including phenoxy) is 2. The second-order valence-electron chi connectivity index (χ2n) is 7.07. The summed E-state index contributed by atoms with van der Waals surface area (Å²) >= 11 is 0. The van der Waals surface area contributed by atoms with Gasteiger partial charge in [0.2, 0.25) is 0 Å². The number of carboxylic acid groups (broad SMARTS) is 1. The smallest absolute Gasteiger partial charge is 0.343 e. The second kappa shape index (κ2) is 7.40. The molecule has 0 unspecified atom stereocenters. The molecule has 3 heterocycles. The van der Waals surface area contributed by atoms with Crippen molar-refractivity contribution < 1.29 is 28.3 Å². The average Bonchev–Trinajstić information content (AvgIpc) is 3.14. The van der Waals surface area contributed by atoms with Gasteiger partial charge in [0.05, 0.1) is 19.3 Å². The van der Waals surface area contributed by atoms with Crippen molar-refractivity contribution in [2.75, 3.05) is 44.8 Å². The Labute approximate surface area is 161 Å². The largest absolute Gasteiger partial charge is 0.494 e. The number of aromatic carboxylic acids is 1. The molecule has 4 rings (SSSR count). The highest BCUT2D eigenvalue weighted by molar-refractivity contribution is 5.99. The van der Waals surface area contributed by atoms with Crippen LogP contribution in [0.5, 0.6) is 5.75 Å². The zero-order valence-corrected chi connectivity index (χ0v) is 15.5. The minimum Gasteiger partial charge on any atom is -0.494 e. The van der Waals surface area contributed by atoms with Crippen molar-refractivity contribution in [3.8, 4) is 17.1 Å². The summed E-state index contributed by atoms with van der Waals surface area (Å²) in [5.74, 6) is -1.34. The molecule has 2 saturated heterocycles. The van der Waals surface area contributed by atoms with E-state index in [1.807, 2.05) is 4.90 Å². The molecule has 2 aliphatic rings. The fourth-order valence-electron chi connectivity index (χ4n) is 3.90. The molecule has 0 bridgehead atoms. The number of benzene rings is 1. The molecule has 1 aromatic carbocycles. The number of morpholine rings is 1. The van der Waals surface area contributed by atoms with Gasteiger partial charge in [0.25, 0.3) is 0 Å². The van der Waals surface area contributed by atoms with Gasteiger partial charge in [-0.2, -0.15) is 0 Å². The zero-order valence-electron chi connectivity index (χ0n) is 15.5. The molecule has 2 aliphatic heterocycles. The first-order valence-corrected chi connectivity index (χ1v) is 9.19. The van der Waals surface area contributed by atoms with Crippen LogP contribution >= 0.6 is 0 Å². The first-order valence-electron chi connectivity index (χ1n) is 9.19. The zero-order chi connectivity index (χ0) is 19.7. The maximum absolute atomic E-state index is 13.7. The fourth-order valence-corrected chi connectivity index (χ4v) is 3.90. The minimum atomic E-state index is -1.15. The number of piperidine rings is 1. The lowest BCUT2D eigenvalue weighted by Crippen LogP contribution is -2.56. The summed E-state index contributed by atoms with van der Waals surface area (Å²) in [4.78, 5) is 13.9. The number of aromatic nitrogens is 1. The molecule has 2 aromatic rings. The predicted octanol–water partition coefficient (Wildman–Crippen LogP) is 2.15. The quantitative estimate of drug-likeness (QED) is 0.818. The van der Waals surface area contributed by atoms with E-state index in [1.165, 1.54) is 25.3 Å². The molecule has 0 aliphatic carbocycles. The molecular weight excluding hydrogens is 369 g/mol. The Hall–Kier alpha value is -2.65. The van der Waals surface area contributed by atoms with E-state index in [0.29, 0.717) is 25.3 Å². The van der Waals surface area contributed by atoms with Gasteiger partial charge in [-0.1, -0.05) is 5.16 Å². The Morgan fingerprint density at radius 1 is 1.39 bits per heavy atom. The maximum atomic E-state index is 13.7. The third kappa shape index (κ3) is 3.31. The van der Waals surface area contributed by atoms with Gasteiger partial charge in [-0.15, -0.1) is 0 Å². The molecular formula is C19H22FN3O5. The minimum absolute atomic E-state index is 0.00631. The van der Waals surface area contributed by atoms with Crippen LogP contribution in [0, 0.1) is 5.82 Å². The van der Waals surface area contributed by atoms with E-state index in [-0.39, 0.29) is 28.5 Å². The normalized spacial score (nSPS) is 19.0. The van der Waals surface area contributed by atoms with E-state index >= 15 is 0 Å². The molecule has 0 radical (unpaired) electrons. The van der Waals surface area contributed by atoms with Gasteiger partial charge in [-0.25, -0.2) is 9.18 Å². The standard InChI is InChI=1S/C19H22FN3O5/c1-26-14-10-12(2-3-13(14)20)16-15(18(24)25)17(22-28-16)23-8-9-27-19(11-23)4-6-21-7-5-19/h2-3,10,21H,4-9,11H2,1H3,(H,24,25). The third-order valence-corrected chi connectivity index (χ3v) is 5.36. The Morgan fingerprint density at radius 3 is 2.89 bits per heavy atom. The number of anilines is 1. The van der Waals surface area contributed by atoms with Crippen molar-refractivity contribution in [2.45, 2.75) is 18.4 Å².